The number of carbonyl (C=O) groups is 3. The van der Waals surface area contributed by atoms with Crippen LogP contribution in [0.2, 0.25) is 0 Å². The van der Waals surface area contributed by atoms with E-state index in [-0.39, 0.29) is 43.0 Å². The number of esters is 1. The van der Waals surface area contributed by atoms with E-state index in [9.17, 15) is 14.4 Å². The minimum atomic E-state index is -0.801. The van der Waals surface area contributed by atoms with Gasteiger partial charge in [-0.1, -0.05) is 15.9 Å². The van der Waals surface area contributed by atoms with Gasteiger partial charge in [-0.15, -0.1) is 24.2 Å². The molecule has 1 saturated heterocycles. The average Bonchev–Trinajstić information content (AvgIpc) is 2.80. The minimum Gasteiger partial charge on any atom is -0.465 e. The van der Waals surface area contributed by atoms with Gasteiger partial charge in [-0.3, -0.25) is 14.4 Å². The molecule has 0 spiro atoms. The van der Waals surface area contributed by atoms with Crippen LogP contribution in [0.1, 0.15) is 13.3 Å². The summed E-state index contributed by atoms with van der Waals surface area (Å²) in [7, 11) is 0. The molecule has 0 aromatic heterocycles. The van der Waals surface area contributed by atoms with Crippen LogP contribution in [-0.4, -0.2) is 41.4 Å². The Balaban J connectivity index is 0.00000288. The number of halogens is 2. The predicted molar refractivity (Wildman–Crippen MR) is 99.4 cm³/mol. The lowest BCUT2D eigenvalue weighted by Gasteiger charge is -2.15. The number of nitrogens with two attached hydrogens (primary N) is 1. The Labute approximate surface area is 159 Å². The molecule has 1 heterocycles. The maximum Gasteiger partial charge on any atom is 0.323 e. The zero-order valence-electron chi connectivity index (χ0n) is 12.9. The third-order valence-electron chi connectivity index (χ3n) is 3.26. The summed E-state index contributed by atoms with van der Waals surface area (Å²) in [5, 5.41) is -0.522. The second kappa shape index (κ2) is 9.41. The molecule has 0 radical (unpaired) electrons. The van der Waals surface area contributed by atoms with Gasteiger partial charge in [0.05, 0.1) is 17.5 Å². The summed E-state index contributed by atoms with van der Waals surface area (Å²) in [6, 6.07) is 6.15. The molecule has 1 aliphatic heterocycles. The fourth-order valence-corrected chi connectivity index (χ4v) is 3.48. The molecule has 0 saturated carbocycles. The summed E-state index contributed by atoms with van der Waals surface area (Å²) >= 11 is 4.53. The molecule has 0 bridgehead atoms. The first kappa shape index (κ1) is 21.0. The second-order valence-corrected chi connectivity index (χ2v) is 7.08. The number of imide groups is 1. The number of hydrogen-bond acceptors (Lipinski definition) is 6. The van der Waals surface area contributed by atoms with Crippen molar-refractivity contribution >= 4 is 63.6 Å². The van der Waals surface area contributed by atoms with Crippen LogP contribution in [0.4, 0.5) is 5.69 Å². The van der Waals surface area contributed by atoms with Crippen molar-refractivity contribution in [2.75, 3.05) is 17.3 Å². The Hall–Kier alpha value is -1.09. The Morgan fingerprint density at radius 1 is 1.42 bits per heavy atom. The third-order valence-corrected chi connectivity index (χ3v) is 5.11. The van der Waals surface area contributed by atoms with Crippen molar-refractivity contribution in [3.05, 3.63) is 28.7 Å². The molecule has 1 aromatic carbocycles. The fourth-order valence-electron chi connectivity index (χ4n) is 2.13. The molecule has 132 valence electrons. The summed E-state index contributed by atoms with van der Waals surface area (Å²) in [5.74, 6) is -0.795. The third kappa shape index (κ3) is 4.95. The van der Waals surface area contributed by atoms with E-state index in [1.807, 2.05) is 0 Å². The fraction of sp³-hybridized carbons (Fsp3) is 0.400. The van der Waals surface area contributed by atoms with Crippen molar-refractivity contribution < 1.29 is 19.1 Å². The monoisotopic (exact) mass is 436 g/mol. The summed E-state index contributed by atoms with van der Waals surface area (Å²) in [4.78, 5) is 37.2. The minimum absolute atomic E-state index is 0. The maximum absolute atomic E-state index is 12.4. The quantitative estimate of drug-likeness (QED) is 0.542. The number of rotatable bonds is 6. The summed E-state index contributed by atoms with van der Waals surface area (Å²) < 4.78 is 5.69. The highest BCUT2D eigenvalue weighted by atomic mass is 79.9. The van der Waals surface area contributed by atoms with Gasteiger partial charge in [-0.2, -0.15) is 0 Å². The van der Waals surface area contributed by atoms with E-state index in [1.54, 1.807) is 31.2 Å². The first-order valence-corrected chi connectivity index (χ1v) is 8.94. The smallest absolute Gasteiger partial charge is 0.323 e. The Bertz CT molecular complexity index is 614. The molecule has 2 rings (SSSR count). The van der Waals surface area contributed by atoms with Gasteiger partial charge in [0.25, 0.3) is 0 Å². The van der Waals surface area contributed by atoms with Crippen LogP contribution in [0.15, 0.2) is 28.7 Å². The Morgan fingerprint density at radius 2 is 2.04 bits per heavy atom. The van der Waals surface area contributed by atoms with E-state index in [1.165, 1.54) is 16.7 Å². The van der Waals surface area contributed by atoms with Gasteiger partial charge in [0, 0.05) is 16.6 Å². The molecule has 2 unspecified atom stereocenters. The lowest BCUT2D eigenvalue weighted by atomic mass is 10.3. The van der Waals surface area contributed by atoms with Gasteiger partial charge in [-0.05, 0) is 31.2 Å². The summed E-state index contributed by atoms with van der Waals surface area (Å²) in [5.41, 5.74) is 6.26. The molecule has 9 heteroatoms. The van der Waals surface area contributed by atoms with E-state index in [0.29, 0.717) is 5.69 Å². The molecule has 1 aliphatic rings. The highest BCUT2D eigenvalue weighted by Gasteiger charge is 2.40. The number of ether oxygens (including phenoxy) is 1. The topological polar surface area (TPSA) is 89.7 Å². The number of benzene rings is 1. The van der Waals surface area contributed by atoms with Crippen LogP contribution < -0.4 is 10.6 Å². The number of nitrogens with zero attached hydrogens (tertiary/aromatic N) is 1. The summed E-state index contributed by atoms with van der Waals surface area (Å²) in [6.45, 7) is 1.96. The first-order chi connectivity index (χ1) is 10.9. The van der Waals surface area contributed by atoms with Crippen molar-refractivity contribution in [1.29, 1.82) is 0 Å². The van der Waals surface area contributed by atoms with Gasteiger partial charge in [-0.25, -0.2) is 4.90 Å². The van der Waals surface area contributed by atoms with Crippen LogP contribution >= 0.6 is 40.1 Å². The Morgan fingerprint density at radius 3 is 2.62 bits per heavy atom. The molecule has 2 N–H and O–H groups in total. The second-order valence-electron chi connectivity index (χ2n) is 4.93. The van der Waals surface area contributed by atoms with E-state index in [4.69, 9.17) is 10.5 Å². The van der Waals surface area contributed by atoms with Crippen LogP contribution in [0.5, 0.6) is 0 Å². The molecule has 6 nitrogen and oxygen atoms in total. The van der Waals surface area contributed by atoms with Crippen molar-refractivity contribution in [3.8, 4) is 0 Å². The lowest BCUT2D eigenvalue weighted by Crippen LogP contribution is -2.36. The van der Waals surface area contributed by atoms with Crippen LogP contribution in [0.3, 0.4) is 0 Å². The molecule has 2 amide bonds. The number of amides is 2. The first-order valence-electron chi connectivity index (χ1n) is 7.10. The van der Waals surface area contributed by atoms with Crippen LogP contribution in [-0.2, 0) is 19.1 Å². The summed E-state index contributed by atoms with van der Waals surface area (Å²) in [6.07, 6.45) is 0.106. The van der Waals surface area contributed by atoms with E-state index >= 15 is 0 Å². The van der Waals surface area contributed by atoms with Gasteiger partial charge < -0.3 is 10.5 Å². The SMILES string of the molecule is CCOC(=O)C(N)CSC1CC(=O)N(c2ccc(Br)cc2)C1=O.Cl. The number of carbonyl (C=O) groups excluding carboxylic acids is 3. The van der Waals surface area contributed by atoms with Gasteiger partial charge >= 0.3 is 5.97 Å². The highest BCUT2D eigenvalue weighted by Crippen LogP contribution is 2.30. The van der Waals surface area contributed by atoms with Crippen molar-refractivity contribution in [2.24, 2.45) is 5.73 Å². The maximum atomic E-state index is 12.4. The molecule has 24 heavy (non-hydrogen) atoms. The number of hydrogen-bond donors (Lipinski definition) is 1. The van der Waals surface area contributed by atoms with Gasteiger partial charge in [0.2, 0.25) is 11.8 Å². The molecule has 2 atom stereocenters. The van der Waals surface area contributed by atoms with Crippen LogP contribution in [0.25, 0.3) is 0 Å². The highest BCUT2D eigenvalue weighted by molar-refractivity contribution is 9.10. The molecule has 1 aromatic rings. The zero-order chi connectivity index (χ0) is 17.0. The van der Waals surface area contributed by atoms with E-state index < -0.39 is 17.3 Å². The van der Waals surface area contributed by atoms with Crippen molar-refractivity contribution in [3.63, 3.8) is 0 Å². The van der Waals surface area contributed by atoms with Crippen molar-refractivity contribution in [1.82, 2.24) is 0 Å². The molecular formula is C15H18BrClN2O4S. The van der Waals surface area contributed by atoms with E-state index in [2.05, 4.69) is 15.9 Å². The Kier molecular flexibility index (Phi) is 8.21. The molecular weight excluding hydrogens is 420 g/mol. The number of anilines is 1. The van der Waals surface area contributed by atoms with Crippen molar-refractivity contribution in [2.45, 2.75) is 24.6 Å². The van der Waals surface area contributed by atoms with Gasteiger partial charge in [0.1, 0.15) is 6.04 Å². The molecule has 1 fully saturated rings. The van der Waals surface area contributed by atoms with Crippen LogP contribution in [0, 0.1) is 0 Å². The zero-order valence-corrected chi connectivity index (χ0v) is 16.2. The number of thioether (sulfide) groups is 1. The largest absolute Gasteiger partial charge is 0.465 e. The average molecular weight is 438 g/mol. The normalized spacial score (nSPS) is 18.3. The lowest BCUT2D eigenvalue weighted by molar-refractivity contribution is -0.144. The van der Waals surface area contributed by atoms with Gasteiger partial charge in [0.15, 0.2) is 0 Å². The predicted octanol–water partition coefficient (Wildman–Crippen LogP) is 2.13. The van der Waals surface area contributed by atoms with E-state index in [0.717, 1.165) is 4.47 Å². The standard InChI is InChI=1S/C15H17BrN2O4S.ClH/c1-2-22-15(21)11(17)8-23-12-7-13(19)18(14(12)20)10-5-3-9(16)4-6-10;/h3-6,11-12H,2,7-8,17H2,1H3;1H. The molecule has 0 aliphatic carbocycles.